The summed E-state index contributed by atoms with van der Waals surface area (Å²) >= 11 is 12.1. The van der Waals surface area contributed by atoms with Gasteiger partial charge in [0, 0.05) is 12.6 Å². The Morgan fingerprint density at radius 2 is 1.75 bits per heavy atom. The lowest BCUT2D eigenvalue weighted by Gasteiger charge is -2.19. The van der Waals surface area contributed by atoms with E-state index in [1.807, 2.05) is 13.8 Å². The summed E-state index contributed by atoms with van der Waals surface area (Å²) in [5.74, 6) is 0.232. The number of nitrogens with one attached hydrogen (secondary N) is 1. The van der Waals surface area contributed by atoms with E-state index < -0.39 is 5.91 Å². The molecule has 0 radical (unpaired) electrons. The first-order valence-corrected chi connectivity index (χ1v) is 9.32. The van der Waals surface area contributed by atoms with Crippen molar-refractivity contribution in [2.75, 3.05) is 26.0 Å². The highest BCUT2D eigenvalue weighted by atomic mass is 35.5. The molecule has 0 fully saturated rings. The second-order valence-corrected chi connectivity index (χ2v) is 7.15. The largest absolute Gasteiger partial charge is 0.493 e. The molecule has 2 rings (SSSR count). The number of benzene rings is 2. The van der Waals surface area contributed by atoms with E-state index in [1.54, 1.807) is 36.4 Å². The minimum absolute atomic E-state index is 0.0292. The van der Waals surface area contributed by atoms with E-state index in [9.17, 15) is 9.59 Å². The molecule has 0 aliphatic carbocycles. The number of carbonyl (C=O) groups excluding carboxylic acids is 2. The summed E-state index contributed by atoms with van der Waals surface area (Å²) in [7, 11) is 3.03. The zero-order valence-electron chi connectivity index (χ0n) is 16.1. The second-order valence-electron chi connectivity index (χ2n) is 6.34. The van der Waals surface area contributed by atoms with Crippen molar-refractivity contribution < 1.29 is 19.1 Å². The summed E-state index contributed by atoms with van der Waals surface area (Å²) in [4.78, 5) is 26.2. The fraction of sp³-hybridized carbons (Fsp3) is 0.300. The summed E-state index contributed by atoms with van der Waals surface area (Å²) < 4.78 is 10.9. The summed E-state index contributed by atoms with van der Waals surface area (Å²) in [6.07, 6.45) is -0.0292. The SMILES string of the molecule is COc1cc(C(=O)N(C)CC(=O)Nc2c(Cl)cccc2Cl)ccc1OC(C)C. The molecule has 0 bridgehead atoms. The third-order valence-corrected chi connectivity index (χ3v) is 4.36. The smallest absolute Gasteiger partial charge is 0.254 e. The summed E-state index contributed by atoms with van der Waals surface area (Å²) in [5, 5.41) is 3.27. The summed E-state index contributed by atoms with van der Waals surface area (Å²) in [6, 6.07) is 9.79. The lowest BCUT2D eigenvalue weighted by atomic mass is 10.1. The fourth-order valence-corrected chi connectivity index (χ4v) is 2.95. The Kier molecular flexibility index (Phi) is 7.54. The van der Waals surface area contributed by atoms with E-state index in [2.05, 4.69) is 5.32 Å². The van der Waals surface area contributed by atoms with Crippen LogP contribution in [0.5, 0.6) is 11.5 Å². The fourth-order valence-electron chi connectivity index (χ4n) is 2.46. The predicted molar refractivity (Wildman–Crippen MR) is 111 cm³/mol. The number of rotatable bonds is 7. The first-order valence-electron chi connectivity index (χ1n) is 8.57. The van der Waals surface area contributed by atoms with Crippen molar-refractivity contribution in [3.63, 3.8) is 0 Å². The Bertz CT molecular complexity index is 851. The molecule has 8 heteroatoms. The van der Waals surface area contributed by atoms with Crippen LogP contribution in [0.4, 0.5) is 5.69 Å². The van der Waals surface area contributed by atoms with E-state index in [0.717, 1.165) is 0 Å². The van der Waals surface area contributed by atoms with Gasteiger partial charge in [0.05, 0.1) is 35.5 Å². The van der Waals surface area contributed by atoms with Gasteiger partial charge in [0.15, 0.2) is 11.5 Å². The molecule has 2 aromatic rings. The molecule has 6 nitrogen and oxygen atoms in total. The molecule has 150 valence electrons. The zero-order chi connectivity index (χ0) is 20.8. The molecule has 0 aromatic heterocycles. The van der Waals surface area contributed by atoms with E-state index in [-0.39, 0.29) is 18.6 Å². The van der Waals surface area contributed by atoms with Gasteiger partial charge in [0.1, 0.15) is 0 Å². The van der Waals surface area contributed by atoms with Crippen LogP contribution in [0.2, 0.25) is 10.0 Å². The second kappa shape index (κ2) is 9.66. The molecule has 2 amide bonds. The zero-order valence-corrected chi connectivity index (χ0v) is 17.6. The maximum absolute atomic E-state index is 12.7. The van der Waals surface area contributed by atoms with Crippen LogP contribution in [0, 0.1) is 0 Å². The van der Waals surface area contributed by atoms with Crippen molar-refractivity contribution in [1.82, 2.24) is 4.90 Å². The topological polar surface area (TPSA) is 67.9 Å². The number of hydrogen-bond acceptors (Lipinski definition) is 4. The Labute approximate surface area is 174 Å². The van der Waals surface area contributed by atoms with Crippen molar-refractivity contribution in [1.29, 1.82) is 0 Å². The molecule has 28 heavy (non-hydrogen) atoms. The van der Waals surface area contributed by atoms with Gasteiger partial charge in [-0.25, -0.2) is 0 Å². The van der Waals surface area contributed by atoms with Crippen molar-refractivity contribution in [3.05, 3.63) is 52.0 Å². The van der Waals surface area contributed by atoms with Crippen LogP contribution in [0.1, 0.15) is 24.2 Å². The maximum Gasteiger partial charge on any atom is 0.254 e. The number of para-hydroxylation sites is 1. The number of anilines is 1. The van der Waals surface area contributed by atoms with Gasteiger partial charge >= 0.3 is 0 Å². The minimum atomic E-state index is -0.419. The Hall–Kier alpha value is -2.44. The van der Waals surface area contributed by atoms with Crippen LogP contribution in [-0.2, 0) is 4.79 Å². The van der Waals surface area contributed by atoms with Gasteiger partial charge in [0.2, 0.25) is 5.91 Å². The first kappa shape index (κ1) is 21.9. The van der Waals surface area contributed by atoms with Gasteiger partial charge in [-0.15, -0.1) is 0 Å². The number of halogens is 2. The Morgan fingerprint density at radius 3 is 2.32 bits per heavy atom. The number of ether oxygens (including phenoxy) is 2. The van der Waals surface area contributed by atoms with Crippen molar-refractivity contribution in [3.8, 4) is 11.5 Å². The van der Waals surface area contributed by atoms with Gasteiger partial charge in [0.25, 0.3) is 5.91 Å². The van der Waals surface area contributed by atoms with E-state index in [4.69, 9.17) is 32.7 Å². The van der Waals surface area contributed by atoms with E-state index >= 15 is 0 Å². The molecule has 2 aromatic carbocycles. The van der Waals surface area contributed by atoms with Crippen LogP contribution >= 0.6 is 23.2 Å². The van der Waals surface area contributed by atoms with Crippen molar-refractivity contribution in [2.24, 2.45) is 0 Å². The number of amides is 2. The number of methoxy groups -OCH3 is 1. The number of hydrogen-bond donors (Lipinski definition) is 1. The lowest BCUT2D eigenvalue weighted by Crippen LogP contribution is -2.35. The quantitative estimate of drug-likeness (QED) is 0.710. The van der Waals surface area contributed by atoms with Crippen molar-refractivity contribution >= 4 is 40.7 Å². The first-order chi connectivity index (χ1) is 13.2. The van der Waals surface area contributed by atoms with Crippen LogP contribution in [0.3, 0.4) is 0 Å². The highest BCUT2D eigenvalue weighted by Gasteiger charge is 2.18. The van der Waals surface area contributed by atoms with Gasteiger partial charge in [-0.2, -0.15) is 0 Å². The third-order valence-electron chi connectivity index (χ3n) is 3.73. The molecular formula is C20H22Cl2N2O4. The van der Waals surface area contributed by atoms with Gasteiger partial charge in [-0.05, 0) is 44.2 Å². The van der Waals surface area contributed by atoms with Crippen LogP contribution < -0.4 is 14.8 Å². The maximum atomic E-state index is 12.7. The number of likely N-dealkylation sites (N-methyl/N-ethyl adjacent to an activating group) is 1. The normalized spacial score (nSPS) is 10.5. The van der Waals surface area contributed by atoms with Gasteiger partial charge in [-0.1, -0.05) is 29.3 Å². The third kappa shape index (κ3) is 5.53. The van der Waals surface area contributed by atoms with E-state index in [1.165, 1.54) is 19.1 Å². The molecule has 0 aliphatic heterocycles. The standard InChI is InChI=1S/C20H22Cl2N2O4/c1-12(2)28-16-9-8-13(10-17(16)27-4)20(26)24(3)11-18(25)23-19-14(21)6-5-7-15(19)22/h5-10,12H,11H2,1-4H3,(H,23,25). The Balaban J connectivity index is 2.08. The van der Waals surface area contributed by atoms with Crippen LogP contribution in [0.25, 0.3) is 0 Å². The average molecular weight is 425 g/mol. The molecule has 0 atom stereocenters. The highest BCUT2D eigenvalue weighted by molar-refractivity contribution is 6.39. The van der Waals surface area contributed by atoms with E-state index in [0.29, 0.717) is 32.8 Å². The summed E-state index contributed by atoms with van der Waals surface area (Å²) in [6.45, 7) is 3.62. The van der Waals surface area contributed by atoms with Gasteiger partial charge < -0.3 is 19.7 Å². The Morgan fingerprint density at radius 1 is 1.11 bits per heavy atom. The molecular weight excluding hydrogens is 403 g/mol. The molecule has 0 saturated carbocycles. The average Bonchev–Trinajstić information content (AvgIpc) is 2.64. The molecule has 1 N–H and O–H groups in total. The minimum Gasteiger partial charge on any atom is -0.493 e. The number of carbonyl (C=O) groups is 2. The van der Waals surface area contributed by atoms with Gasteiger partial charge in [-0.3, -0.25) is 9.59 Å². The van der Waals surface area contributed by atoms with Crippen LogP contribution in [-0.4, -0.2) is 43.5 Å². The highest BCUT2D eigenvalue weighted by Crippen LogP contribution is 2.30. The monoisotopic (exact) mass is 424 g/mol. The van der Waals surface area contributed by atoms with Crippen LogP contribution in [0.15, 0.2) is 36.4 Å². The van der Waals surface area contributed by atoms with Crippen molar-refractivity contribution in [2.45, 2.75) is 20.0 Å². The number of nitrogens with zero attached hydrogens (tertiary/aromatic N) is 1. The molecule has 0 saturated heterocycles. The molecule has 0 spiro atoms. The summed E-state index contributed by atoms with van der Waals surface area (Å²) in [5.41, 5.74) is 0.688. The molecule has 0 unspecified atom stereocenters. The lowest BCUT2D eigenvalue weighted by molar-refractivity contribution is -0.116. The molecule has 0 aliphatic rings. The predicted octanol–water partition coefficient (Wildman–Crippen LogP) is 4.50. The molecule has 0 heterocycles.